The number of para-hydroxylation sites is 2. The number of aryl methyl sites for hydroxylation is 3. The molecule has 0 radical (unpaired) electrons. The monoisotopic (exact) mass is 335 g/mol. The van der Waals surface area contributed by atoms with Gasteiger partial charge in [-0.25, -0.2) is 9.25 Å². The van der Waals surface area contributed by atoms with E-state index in [9.17, 15) is 0 Å². The summed E-state index contributed by atoms with van der Waals surface area (Å²) in [7, 11) is 1.78. The predicted octanol–water partition coefficient (Wildman–Crippen LogP) is 2.14. The normalized spacial score (nSPS) is 11.2. The molecule has 0 atom stereocenters. The summed E-state index contributed by atoms with van der Waals surface area (Å²) in [5, 5.41) is 11.7. The molecule has 0 saturated heterocycles. The molecule has 3 aromatic heterocycles. The van der Waals surface area contributed by atoms with Crippen LogP contribution in [0.4, 0.5) is 0 Å². The first kappa shape index (κ1) is 15.3. The molecular weight excluding hydrogens is 318 g/mol. The van der Waals surface area contributed by atoms with Crippen LogP contribution in [0.25, 0.3) is 17.0 Å². The molecular formula is C17H17N7O. The highest BCUT2D eigenvalue weighted by atomic mass is 16.5. The van der Waals surface area contributed by atoms with Gasteiger partial charge in [0.15, 0.2) is 0 Å². The second-order valence-corrected chi connectivity index (χ2v) is 5.81. The molecule has 8 nitrogen and oxygen atoms in total. The van der Waals surface area contributed by atoms with Crippen LogP contribution >= 0.6 is 0 Å². The molecule has 25 heavy (non-hydrogen) atoms. The molecule has 0 aliphatic rings. The first-order valence-electron chi connectivity index (χ1n) is 7.89. The summed E-state index contributed by atoms with van der Waals surface area (Å²) < 4.78 is 9.34. The summed E-state index contributed by atoms with van der Waals surface area (Å²) in [6.07, 6.45) is 0. The molecule has 0 spiro atoms. The zero-order chi connectivity index (χ0) is 17.4. The van der Waals surface area contributed by atoms with E-state index in [2.05, 4.69) is 25.5 Å². The van der Waals surface area contributed by atoms with Crippen molar-refractivity contribution < 1.29 is 4.74 Å². The van der Waals surface area contributed by atoms with Crippen molar-refractivity contribution in [2.24, 2.45) is 7.05 Å². The third-order valence-electron chi connectivity index (χ3n) is 4.08. The Morgan fingerprint density at radius 2 is 1.88 bits per heavy atom. The Balaban J connectivity index is 1.74. The molecule has 8 heteroatoms. The van der Waals surface area contributed by atoms with Gasteiger partial charge in [0.1, 0.15) is 6.61 Å². The van der Waals surface area contributed by atoms with Crippen LogP contribution in [0.5, 0.6) is 6.01 Å². The maximum atomic E-state index is 5.96. The third-order valence-corrected chi connectivity index (χ3v) is 4.08. The fraction of sp³-hybridized carbons (Fsp3) is 0.235. The van der Waals surface area contributed by atoms with E-state index >= 15 is 0 Å². The molecule has 0 aliphatic heterocycles. The van der Waals surface area contributed by atoms with Gasteiger partial charge in [0.05, 0.1) is 16.7 Å². The average molecular weight is 335 g/mol. The number of aromatic nitrogens is 7. The number of benzene rings is 1. The largest absolute Gasteiger partial charge is 0.458 e. The summed E-state index contributed by atoms with van der Waals surface area (Å²) in [4.78, 5) is 9.11. The van der Waals surface area contributed by atoms with Crippen molar-refractivity contribution in [3.63, 3.8) is 0 Å². The van der Waals surface area contributed by atoms with Crippen LogP contribution in [0.3, 0.4) is 0 Å². The molecule has 0 saturated carbocycles. The molecule has 0 unspecified atom stereocenters. The summed E-state index contributed by atoms with van der Waals surface area (Å²) in [5.74, 6) is 0.539. The summed E-state index contributed by atoms with van der Waals surface area (Å²) >= 11 is 0. The number of fused-ring (bicyclic) bond motifs is 1. The molecule has 126 valence electrons. The number of imidazole rings is 1. The molecule has 0 bridgehead atoms. The minimum absolute atomic E-state index is 0.315. The minimum atomic E-state index is 0.315. The lowest BCUT2D eigenvalue weighted by atomic mass is 10.2. The van der Waals surface area contributed by atoms with Gasteiger partial charge in [0, 0.05) is 12.7 Å². The van der Waals surface area contributed by atoms with Gasteiger partial charge >= 0.3 is 6.01 Å². The number of hydrogen-bond donors (Lipinski definition) is 0. The van der Waals surface area contributed by atoms with Gasteiger partial charge in [-0.1, -0.05) is 23.3 Å². The number of pyridine rings is 1. The fourth-order valence-electron chi connectivity index (χ4n) is 2.61. The molecule has 0 amide bonds. The highest BCUT2D eigenvalue weighted by Crippen LogP contribution is 2.25. The Bertz CT molecular complexity index is 1050. The van der Waals surface area contributed by atoms with Gasteiger partial charge < -0.3 is 4.74 Å². The number of tetrazole rings is 1. The lowest BCUT2D eigenvalue weighted by Gasteiger charge is -2.09. The van der Waals surface area contributed by atoms with Crippen LogP contribution < -0.4 is 4.74 Å². The van der Waals surface area contributed by atoms with Crippen molar-refractivity contribution in [2.75, 3.05) is 0 Å². The van der Waals surface area contributed by atoms with E-state index in [-0.39, 0.29) is 0 Å². The van der Waals surface area contributed by atoms with Gasteiger partial charge in [0.25, 0.3) is 5.95 Å². The van der Waals surface area contributed by atoms with E-state index in [1.807, 2.05) is 50.2 Å². The van der Waals surface area contributed by atoms with E-state index in [0.717, 1.165) is 28.0 Å². The zero-order valence-corrected chi connectivity index (χ0v) is 14.2. The highest BCUT2D eigenvalue weighted by molar-refractivity contribution is 5.78. The van der Waals surface area contributed by atoms with Gasteiger partial charge in [-0.05, 0) is 48.0 Å². The van der Waals surface area contributed by atoms with E-state index < -0.39 is 0 Å². The summed E-state index contributed by atoms with van der Waals surface area (Å²) in [6, 6.07) is 12.2. The van der Waals surface area contributed by atoms with Gasteiger partial charge in [-0.2, -0.15) is 4.98 Å². The molecule has 0 N–H and O–H groups in total. The number of ether oxygens (including phenoxy) is 1. The van der Waals surface area contributed by atoms with E-state index in [0.29, 0.717) is 18.6 Å². The van der Waals surface area contributed by atoms with E-state index in [1.165, 1.54) is 0 Å². The molecule has 0 aliphatic carbocycles. The van der Waals surface area contributed by atoms with Crippen molar-refractivity contribution in [1.82, 2.24) is 34.7 Å². The van der Waals surface area contributed by atoms with Crippen LogP contribution in [0.2, 0.25) is 0 Å². The molecule has 4 aromatic rings. The van der Waals surface area contributed by atoms with Gasteiger partial charge in [0.2, 0.25) is 0 Å². The highest BCUT2D eigenvalue weighted by Gasteiger charge is 2.18. The van der Waals surface area contributed by atoms with Gasteiger partial charge in [-0.3, -0.25) is 4.98 Å². The lowest BCUT2D eigenvalue weighted by molar-refractivity contribution is 0.272. The number of rotatable bonds is 4. The minimum Gasteiger partial charge on any atom is -0.458 e. The average Bonchev–Trinajstić information content (AvgIpc) is 3.18. The Morgan fingerprint density at radius 1 is 1.04 bits per heavy atom. The van der Waals surface area contributed by atoms with Crippen LogP contribution in [0.1, 0.15) is 17.0 Å². The standard InChI is InChI=1S/C17H17N7O/c1-11-8-9-13(18-12(11)2)10-25-17-19-14-6-4-5-7-15(14)24(17)16-20-21-22-23(16)3/h4-9H,10H2,1-3H3. The number of hydrogen-bond acceptors (Lipinski definition) is 6. The summed E-state index contributed by atoms with van der Waals surface area (Å²) in [5.41, 5.74) is 4.68. The van der Waals surface area contributed by atoms with E-state index in [1.54, 1.807) is 16.3 Å². The first-order chi connectivity index (χ1) is 12.1. The molecule has 4 rings (SSSR count). The quantitative estimate of drug-likeness (QED) is 0.568. The second kappa shape index (κ2) is 5.97. The van der Waals surface area contributed by atoms with Crippen LogP contribution in [-0.4, -0.2) is 34.7 Å². The van der Waals surface area contributed by atoms with Crippen molar-refractivity contribution in [3.8, 4) is 12.0 Å². The molecule has 1 aromatic carbocycles. The Labute approximate surface area is 144 Å². The topological polar surface area (TPSA) is 83.5 Å². The van der Waals surface area contributed by atoms with Crippen molar-refractivity contribution in [1.29, 1.82) is 0 Å². The van der Waals surface area contributed by atoms with Crippen molar-refractivity contribution >= 4 is 11.0 Å². The Hall–Kier alpha value is -3.29. The predicted molar refractivity (Wildman–Crippen MR) is 91.5 cm³/mol. The maximum Gasteiger partial charge on any atom is 0.305 e. The molecule has 0 fully saturated rings. The zero-order valence-electron chi connectivity index (χ0n) is 14.2. The van der Waals surface area contributed by atoms with E-state index in [4.69, 9.17) is 4.74 Å². The summed E-state index contributed by atoms with van der Waals surface area (Å²) in [6.45, 7) is 4.34. The maximum absolute atomic E-state index is 5.96. The third kappa shape index (κ3) is 2.71. The molecule has 3 heterocycles. The van der Waals surface area contributed by atoms with Crippen molar-refractivity contribution in [3.05, 3.63) is 53.3 Å². The first-order valence-corrected chi connectivity index (χ1v) is 7.89. The smallest absolute Gasteiger partial charge is 0.305 e. The van der Waals surface area contributed by atoms with Crippen LogP contribution in [0, 0.1) is 13.8 Å². The van der Waals surface area contributed by atoms with Gasteiger partial charge in [-0.15, -0.1) is 0 Å². The lowest BCUT2D eigenvalue weighted by Crippen LogP contribution is -2.09. The fourth-order valence-corrected chi connectivity index (χ4v) is 2.61. The Kier molecular flexibility index (Phi) is 3.64. The number of nitrogens with zero attached hydrogens (tertiary/aromatic N) is 7. The van der Waals surface area contributed by atoms with Crippen molar-refractivity contribution in [2.45, 2.75) is 20.5 Å². The SMILES string of the molecule is Cc1ccc(COc2nc3ccccc3n2-c2nnnn2C)nc1C. The van der Waals surface area contributed by atoms with Crippen LogP contribution in [0.15, 0.2) is 36.4 Å². The van der Waals surface area contributed by atoms with Crippen LogP contribution in [-0.2, 0) is 13.7 Å². The second-order valence-electron chi connectivity index (χ2n) is 5.81. The Morgan fingerprint density at radius 3 is 2.64 bits per heavy atom.